The Kier molecular flexibility index (Phi) is 8.63. The Morgan fingerprint density at radius 2 is 1.78 bits per heavy atom. The fraction of sp³-hybridized carbons (Fsp3) is 0.312. The molecule has 0 bridgehead atoms. The van der Waals surface area contributed by atoms with Gasteiger partial charge in [-0.25, -0.2) is 0 Å². The van der Waals surface area contributed by atoms with Gasteiger partial charge in [0.1, 0.15) is 11.5 Å². The summed E-state index contributed by atoms with van der Waals surface area (Å²) in [7, 11) is 0. The molecule has 8 nitrogen and oxygen atoms in total. The number of benzene rings is 3. The first kappa shape index (κ1) is 28.7. The molecule has 1 aromatic heterocycles. The van der Waals surface area contributed by atoms with Gasteiger partial charge >= 0.3 is 0 Å². The second-order valence-corrected chi connectivity index (χ2v) is 10.9. The Morgan fingerprint density at radius 3 is 2.49 bits per heavy atom. The van der Waals surface area contributed by atoms with Gasteiger partial charge in [0.2, 0.25) is 0 Å². The van der Waals surface area contributed by atoms with Crippen molar-refractivity contribution in [3.63, 3.8) is 0 Å². The number of phenolic OH excluding ortho intramolecular Hbond substituents is 2. The number of nitrogens with one attached hydrogen (secondary N) is 1. The van der Waals surface area contributed by atoms with Crippen LogP contribution in [0.4, 0.5) is 0 Å². The number of hydrogen-bond acceptors (Lipinski definition) is 7. The summed E-state index contributed by atoms with van der Waals surface area (Å²) in [4.78, 5) is 15.3. The van der Waals surface area contributed by atoms with E-state index in [2.05, 4.69) is 29.2 Å². The first-order valence-electron chi connectivity index (χ1n) is 13.8. The summed E-state index contributed by atoms with van der Waals surface area (Å²) in [5.74, 6) is -0.199. The molecule has 0 radical (unpaired) electrons. The predicted octanol–water partition coefficient (Wildman–Crippen LogP) is 6.45. The van der Waals surface area contributed by atoms with Crippen LogP contribution in [0.15, 0.2) is 59.1 Å². The fourth-order valence-electron chi connectivity index (χ4n) is 5.03. The van der Waals surface area contributed by atoms with Gasteiger partial charge in [-0.05, 0) is 47.2 Å². The third-order valence-electron chi connectivity index (χ3n) is 7.31. The molecule has 0 atom stereocenters. The van der Waals surface area contributed by atoms with Crippen LogP contribution >= 0.6 is 11.6 Å². The molecule has 0 unspecified atom stereocenters. The minimum atomic E-state index is -0.408. The van der Waals surface area contributed by atoms with E-state index in [0.717, 1.165) is 29.8 Å². The molecule has 0 aliphatic carbocycles. The number of aromatic nitrogens is 1. The molecule has 1 saturated heterocycles. The maximum absolute atomic E-state index is 13.0. The van der Waals surface area contributed by atoms with Crippen LogP contribution in [-0.2, 0) is 11.3 Å². The number of rotatable bonds is 8. The highest BCUT2D eigenvalue weighted by Crippen LogP contribution is 2.45. The lowest BCUT2D eigenvalue weighted by Gasteiger charge is -2.27. The highest BCUT2D eigenvalue weighted by Gasteiger charge is 2.27. The average molecular weight is 576 g/mol. The van der Waals surface area contributed by atoms with Crippen molar-refractivity contribution in [2.45, 2.75) is 33.2 Å². The molecule has 1 amide bonds. The van der Waals surface area contributed by atoms with Crippen LogP contribution in [0.1, 0.15) is 48.3 Å². The van der Waals surface area contributed by atoms with Crippen LogP contribution in [0.2, 0.25) is 5.02 Å². The van der Waals surface area contributed by atoms with Gasteiger partial charge in [-0.3, -0.25) is 9.69 Å². The first-order chi connectivity index (χ1) is 19.8. The molecule has 9 heteroatoms. The van der Waals surface area contributed by atoms with Gasteiger partial charge in [0, 0.05) is 42.8 Å². The van der Waals surface area contributed by atoms with Crippen LogP contribution in [0, 0.1) is 0 Å². The van der Waals surface area contributed by atoms with Gasteiger partial charge in [0.15, 0.2) is 11.5 Å². The zero-order chi connectivity index (χ0) is 29.1. The number of nitrogens with zero attached hydrogens (tertiary/aromatic N) is 2. The van der Waals surface area contributed by atoms with E-state index in [1.807, 2.05) is 43.3 Å². The molecular weight excluding hydrogens is 542 g/mol. The zero-order valence-corrected chi connectivity index (χ0v) is 24.2. The van der Waals surface area contributed by atoms with Crippen LogP contribution in [-0.4, -0.2) is 59.0 Å². The zero-order valence-electron chi connectivity index (χ0n) is 23.4. The Labute approximate surface area is 244 Å². The Balaban J connectivity index is 1.61. The molecule has 0 saturated carbocycles. The number of amides is 1. The van der Waals surface area contributed by atoms with E-state index in [9.17, 15) is 15.0 Å². The Hall–Kier alpha value is -3.85. The van der Waals surface area contributed by atoms with Crippen molar-refractivity contribution in [1.29, 1.82) is 0 Å². The number of hydrogen-bond donors (Lipinski definition) is 3. The number of ether oxygens (including phenoxy) is 1. The molecular formula is C32H34ClN3O5. The highest BCUT2D eigenvalue weighted by atomic mass is 35.5. The van der Waals surface area contributed by atoms with Crippen LogP contribution in [0.25, 0.3) is 33.6 Å². The third-order valence-corrected chi connectivity index (χ3v) is 7.66. The molecule has 1 aliphatic heterocycles. The summed E-state index contributed by atoms with van der Waals surface area (Å²) in [6, 6.07) is 16.4. The molecule has 1 aliphatic rings. The Morgan fingerprint density at radius 1 is 1.02 bits per heavy atom. The fourth-order valence-corrected chi connectivity index (χ4v) is 5.27. The van der Waals surface area contributed by atoms with Crippen molar-refractivity contribution < 1.29 is 24.3 Å². The first-order valence-corrected chi connectivity index (χ1v) is 14.2. The van der Waals surface area contributed by atoms with Crippen LogP contribution in [0.5, 0.6) is 11.5 Å². The summed E-state index contributed by atoms with van der Waals surface area (Å²) in [6.45, 7) is 10.1. The largest absolute Gasteiger partial charge is 0.507 e. The van der Waals surface area contributed by atoms with Crippen molar-refractivity contribution in [2.75, 3.05) is 32.8 Å². The van der Waals surface area contributed by atoms with Gasteiger partial charge < -0.3 is 24.8 Å². The predicted molar refractivity (Wildman–Crippen MR) is 159 cm³/mol. The third kappa shape index (κ3) is 6.10. The SMILES string of the molecule is CCNC(=O)c1noc(-c2cc(-c3cccc(C(C)C)c3)c(O)cc2O)c1-c1ccc(CN2CCOCC2)c(Cl)c1. The molecule has 2 heterocycles. The minimum Gasteiger partial charge on any atom is -0.507 e. The van der Waals surface area contributed by atoms with E-state index in [1.165, 1.54) is 6.07 Å². The standard InChI is InChI=1S/C32H34ClN3O5/c1-4-34-32(39)30-29(22-8-9-23(26(33)15-22)18-36-10-12-40-13-11-36)31(41-35-30)25-16-24(27(37)17-28(25)38)21-7-5-6-20(14-21)19(2)3/h5-9,14-17,19,37-38H,4,10-13,18H2,1-3H3,(H,34,39). The maximum Gasteiger partial charge on any atom is 0.274 e. The van der Waals surface area contributed by atoms with E-state index in [0.29, 0.717) is 59.5 Å². The van der Waals surface area contributed by atoms with Crippen LogP contribution < -0.4 is 5.32 Å². The normalized spacial score (nSPS) is 14.0. The van der Waals surface area contributed by atoms with Crippen molar-refractivity contribution in [3.05, 3.63) is 76.4 Å². The lowest BCUT2D eigenvalue weighted by atomic mass is 9.93. The van der Waals surface area contributed by atoms with E-state index in [4.69, 9.17) is 20.9 Å². The van der Waals surface area contributed by atoms with Crippen molar-refractivity contribution in [3.8, 4) is 45.1 Å². The molecule has 3 aromatic carbocycles. The van der Waals surface area contributed by atoms with Gasteiger partial charge in [-0.1, -0.05) is 67.0 Å². The topological polar surface area (TPSA) is 108 Å². The summed E-state index contributed by atoms with van der Waals surface area (Å²) < 4.78 is 11.2. The molecule has 3 N–H and O–H groups in total. The molecule has 4 aromatic rings. The van der Waals surface area contributed by atoms with E-state index < -0.39 is 5.91 Å². The van der Waals surface area contributed by atoms with Gasteiger partial charge in [0.05, 0.1) is 24.3 Å². The van der Waals surface area contributed by atoms with Gasteiger partial charge in [0.25, 0.3) is 5.91 Å². The summed E-state index contributed by atoms with van der Waals surface area (Å²) in [5, 5.41) is 29.2. The maximum atomic E-state index is 13.0. The number of aromatic hydroxyl groups is 2. The molecule has 5 rings (SSSR count). The van der Waals surface area contributed by atoms with Crippen LogP contribution in [0.3, 0.4) is 0 Å². The van der Waals surface area contributed by atoms with Crippen molar-refractivity contribution in [1.82, 2.24) is 15.4 Å². The monoisotopic (exact) mass is 575 g/mol. The second-order valence-electron chi connectivity index (χ2n) is 10.5. The van der Waals surface area contributed by atoms with Crippen molar-refractivity contribution in [2.24, 2.45) is 0 Å². The number of halogens is 1. The number of carbonyl (C=O) groups excluding carboxylic acids is 1. The van der Waals surface area contributed by atoms with Gasteiger partial charge in [-0.2, -0.15) is 0 Å². The highest BCUT2D eigenvalue weighted by molar-refractivity contribution is 6.31. The van der Waals surface area contributed by atoms with Gasteiger partial charge in [-0.15, -0.1) is 0 Å². The molecule has 1 fully saturated rings. The Bertz CT molecular complexity index is 1560. The average Bonchev–Trinajstić information content (AvgIpc) is 3.40. The second kappa shape index (κ2) is 12.3. The lowest BCUT2D eigenvalue weighted by Crippen LogP contribution is -2.35. The summed E-state index contributed by atoms with van der Waals surface area (Å²) >= 11 is 6.76. The number of carbonyl (C=O) groups is 1. The number of phenols is 2. The van der Waals surface area contributed by atoms with E-state index in [-0.39, 0.29) is 23.0 Å². The minimum absolute atomic E-state index is 0.0762. The molecule has 41 heavy (non-hydrogen) atoms. The van der Waals surface area contributed by atoms with E-state index >= 15 is 0 Å². The number of morpholine rings is 1. The smallest absolute Gasteiger partial charge is 0.274 e. The van der Waals surface area contributed by atoms with Crippen molar-refractivity contribution >= 4 is 17.5 Å². The summed E-state index contributed by atoms with van der Waals surface area (Å²) in [5.41, 5.74) is 4.76. The quantitative estimate of drug-likeness (QED) is 0.222. The van der Waals surface area contributed by atoms with E-state index in [1.54, 1.807) is 12.1 Å². The molecule has 214 valence electrons. The molecule has 0 spiro atoms. The lowest BCUT2D eigenvalue weighted by molar-refractivity contribution is 0.0342. The summed E-state index contributed by atoms with van der Waals surface area (Å²) in [6.07, 6.45) is 0.